The largest absolute Gasteiger partial charge is 0.416 e. The first-order valence-electron chi connectivity index (χ1n) is 11.7. The molecule has 2 heterocycles. The van der Waals surface area contributed by atoms with Crippen LogP contribution in [0.25, 0.3) is 0 Å². The molecule has 1 aliphatic heterocycles. The third-order valence-electron chi connectivity index (χ3n) is 6.82. The summed E-state index contributed by atoms with van der Waals surface area (Å²) in [5.41, 5.74) is 5.08. The first kappa shape index (κ1) is 26.2. The number of halogens is 6. The summed E-state index contributed by atoms with van der Waals surface area (Å²) in [4.78, 5) is 20.3. The van der Waals surface area contributed by atoms with Gasteiger partial charge in [-0.3, -0.25) is 9.69 Å². The van der Waals surface area contributed by atoms with Crippen LogP contribution in [0.3, 0.4) is 0 Å². The molecule has 2 fully saturated rings. The van der Waals surface area contributed by atoms with Crippen molar-refractivity contribution in [2.45, 2.75) is 43.7 Å². The number of aromatic nitrogens is 2. The molecule has 3 N–H and O–H groups in total. The zero-order valence-corrected chi connectivity index (χ0v) is 19.4. The lowest BCUT2D eigenvalue weighted by atomic mass is 9.90. The highest BCUT2D eigenvalue weighted by Crippen LogP contribution is 2.45. The van der Waals surface area contributed by atoms with Crippen molar-refractivity contribution in [3.05, 3.63) is 53.2 Å². The minimum Gasteiger partial charge on any atom is -0.369 e. The van der Waals surface area contributed by atoms with Crippen molar-refractivity contribution >= 4 is 11.7 Å². The smallest absolute Gasteiger partial charge is 0.369 e. The molecule has 1 aromatic heterocycles. The number of nitrogens with one attached hydrogen (secondary N) is 1. The van der Waals surface area contributed by atoms with Crippen LogP contribution in [0.2, 0.25) is 0 Å². The molecule has 2 aliphatic rings. The maximum atomic E-state index is 15.4. The van der Waals surface area contributed by atoms with Gasteiger partial charge in [-0.05, 0) is 55.8 Å². The number of primary amides is 1. The van der Waals surface area contributed by atoms with Crippen LogP contribution in [0, 0.1) is 17.7 Å². The summed E-state index contributed by atoms with van der Waals surface area (Å²) in [6, 6.07) is 4.75. The molecule has 0 spiro atoms. The Bertz CT molecular complexity index is 1070. The van der Waals surface area contributed by atoms with Gasteiger partial charge in [0.05, 0.1) is 24.3 Å². The van der Waals surface area contributed by atoms with Gasteiger partial charge in [-0.1, -0.05) is 12.1 Å². The molecule has 1 aromatic carbocycles. The number of carbonyl (C=O) groups excluding carboxylic acids is 1. The molecule has 1 aliphatic carbocycles. The molecular weight excluding hydrogens is 488 g/mol. The van der Waals surface area contributed by atoms with E-state index in [-0.39, 0.29) is 49.4 Å². The van der Waals surface area contributed by atoms with Gasteiger partial charge in [0.1, 0.15) is 6.33 Å². The number of amides is 1. The van der Waals surface area contributed by atoms with E-state index in [1.165, 1.54) is 17.0 Å². The summed E-state index contributed by atoms with van der Waals surface area (Å²) in [5, 5.41) is 2.70. The zero-order valence-electron chi connectivity index (χ0n) is 19.4. The van der Waals surface area contributed by atoms with Gasteiger partial charge in [0.25, 0.3) is 5.92 Å². The van der Waals surface area contributed by atoms with E-state index >= 15 is 4.39 Å². The van der Waals surface area contributed by atoms with Crippen LogP contribution in [0.4, 0.5) is 32.2 Å². The van der Waals surface area contributed by atoms with Gasteiger partial charge in [-0.15, -0.1) is 0 Å². The van der Waals surface area contributed by atoms with Crippen LogP contribution in [-0.4, -0.2) is 52.9 Å². The summed E-state index contributed by atoms with van der Waals surface area (Å²) in [5.74, 6) is -6.05. The number of nitrogens with two attached hydrogens (primary N) is 1. The van der Waals surface area contributed by atoms with Crippen molar-refractivity contribution in [1.29, 1.82) is 0 Å². The molecule has 0 radical (unpaired) electrons. The van der Waals surface area contributed by atoms with Crippen LogP contribution in [-0.2, 0) is 17.4 Å². The van der Waals surface area contributed by atoms with Crippen molar-refractivity contribution in [2.24, 2.45) is 17.6 Å². The Labute approximate surface area is 204 Å². The fourth-order valence-electron chi connectivity index (χ4n) is 4.72. The second-order valence-corrected chi connectivity index (χ2v) is 9.57. The van der Waals surface area contributed by atoms with E-state index < -0.39 is 41.8 Å². The van der Waals surface area contributed by atoms with Crippen molar-refractivity contribution < 1.29 is 31.1 Å². The summed E-state index contributed by atoms with van der Waals surface area (Å²) < 4.78 is 83.2. The van der Waals surface area contributed by atoms with E-state index in [4.69, 9.17) is 5.73 Å². The quantitative estimate of drug-likeness (QED) is 0.489. The van der Waals surface area contributed by atoms with E-state index in [1.54, 1.807) is 0 Å². The topological polar surface area (TPSA) is 84.1 Å². The number of likely N-dealkylation sites (tertiary alicyclic amines) is 1. The molecule has 1 unspecified atom stereocenters. The molecule has 12 heteroatoms. The van der Waals surface area contributed by atoms with Crippen molar-refractivity contribution in [1.82, 2.24) is 14.9 Å². The number of hydrogen-bond acceptors (Lipinski definition) is 5. The van der Waals surface area contributed by atoms with E-state index in [9.17, 15) is 26.7 Å². The predicted octanol–water partition coefficient (Wildman–Crippen LogP) is 4.23. The summed E-state index contributed by atoms with van der Waals surface area (Å²) >= 11 is 0. The normalized spacial score (nSPS) is 21.2. The van der Waals surface area contributed by atoms with Crippen LogP contribution in [0.1, 0.15) is 42.0 Å². The Morgan fingerprint density at radius 3 is 2.44 bits per heavy atom. The Morgan fingerprint density at radius 1 is 1.17 bits per heavy atom. The highest BCUT2D eigenvalue weighted by molar-refractivity contribution is 5.75. The first-order valence-corrected chi connectivity index (χ1v) is 11.7. The standard InChI is InChI=1S/C24H27F6N5O/c25-20-21(18(15-3-4-15)9-14-1-5-16(6-2-14)24(28,29)30)33-13-34-22(20)32-10-17-7-8-35(11-19(31)36)12-23(17,26)27/h1-2,5-6,13,15,17-18H,3-4,7-12H2,(H2,31,36)(H,32,33,34)/t17-,18?/m0/s1. The Kier molecular flexibility index (Phi) is 7.44. The van der Waals surface area contributed by atoms with Gasteiger partial charge < -0.3 is 11.1 Å². The Balaban J connectivity index is 1.45. The highest BCUT2D eigenvalue weighted by atomic mass is 19.4. The number of benzene rings is 1. The van der Waals surface area contributed by atoms with Gasteiger partial charge in [-0.25, -0.2) is 23.1 Å². The fraction of sp³-hybridized carbons (Fsp3) is 0.542. The molecule has 0 bridgehead atoms. The SMILES string of the molecule is NC(=O)CN1CC[C@@H](CNc2ncnc(C(Cc3ccc(C(F)(F)F)cc3)C3CC3)c2F)C(F)(F)C1. The number of carbonyl (C=O) groups is 1. The maximum absolute atomic E-state index is 15.4. The fourth-order valence-corrected chi connectivity index (χ4v) is 4.72. The Hall–Kier alpha value is -2.89. The van der Waals surface area contributed by atoms with Crippen molar-refractivity contribution in [3.8, 4) is 0 Å². The molecule has 36 heavy (non-hydrogen) atoms. The molecular formula is C24H27F6N5O. The van der Waals surface area contributed by atoms with Crippen molar-refractivity contribution in [2.75, 3.05) is 31.5 Å². The summed E-state index contributed by atoms with van der Waals surface area (Å²) in [6.07, 6.45) is -1.21. The molecule has 4 rings (SSSR count). The molecule has 6 nitrogen and oxygen atoms in total. The number of piperidine rings is 1. The minimum absolute atomic E-state index is 0.0887. The second-order valence-electron chi connectivity index (χ2n) is 9.57. The van der Waals surface area contributed by atoms with E-state index in [1.807, 2.05) is 0 Å². The third kappa shape index (κ3) is 6.26. The van der Waals surface area contributed by atoms with Crippen LogP contribution >= 0.6 is 0 Å². The number of rotatable bonds is 9. The van der Waals surface area contributed by atoms with Crippen LogP contribution < -0.4 is 11.1 Å². The van der Waals surface area contributed by atoms with Crippen LogP contribution in [0.5, 0.6) is 0 Å². The lowest BCUT2D eigenvalue weighted by Gasteiger charge is -2.37. The van der Waals surface area contributed by atoms with E-state index in [2.05, 4.69) is 15.3 Å². The van der Waals surface area contributed by atoms with Gasteiger partial charge in [-0.2, -0.15) is 13.2 Å². The van der Waals surface area contributed by atoms with E-state index in [0.29, 0.717) is 12.0 Å². The first-order chi connectivity index (χ1) is 16.9. The number of anilines is 1. The van der Waals surface area contributed by atoms with Gasteiger partial charge >= 0.3 is 6.18 Å². The average Bonchev–Trinajstić information content (AvgIpc) is 3.62. The molecule has 1 saturated carbocycles. The van der Waals surface area contributed by atoms with Gasteiger partial charge in [0, 0.05) is 18.4 Å². The third-order valence-corrected chi connectivity index (χ3v) is 6.82. The Morgan fingerprint density at radius 2 is 1.86 bits per heavy atom. The molecule has 1 saturated heterocycles. The van der Waals surface area contributed by atoms with Crippen LogP contribution in [0.15, 0.2) is 30.6 Å². The van der Waals surface area contributed by atoms with Gasteiger partial charge in [0.2, 0.25) is 5.91 Å². The maximum Gasteiger partial charge on any atom is 0.416 e. The zero-order chi connectivity index (χ0) is 26.1. The number of hydrogen-bond donors (Lipinski definition) is 2. The van der Waals surface area contributed by atoms with E-state index in [0.717, 1.165) is 31.3 Å². The summed E-state index contributed by atoms with van der Waals surface area (Å²) in [6.45, 7) is -0.825. The molecule has 196 valence electrons. The molecule has 2 atom stereocenters. The monoisotopic (exact) mass is 515 g/mol. The van der Waals surface area contributed by atoms with Crippen molar-refractivity contribution in [3.63, 3.8) is 0 Å². The molecule has 1 amide bonds. The lowest BCUT2D eigenvalue weighted by molar-refractivity contribution is -0.137. The van der Waals surface area contributed by atoms with Gasteiger partial charge in [0.15, 0.2) is 11.6 Å². The highest BCUT2D eigenvalue weighted by Gasteiger charge is 2.44. The summed E-state index contributed by atoms with van der Waals surface area (Å²) in [7, 11) is 0. The molecule has 2 aromatic rings. The number of nitrogens with zero attached hydrogens (tertiary/aromatic N) is 3. The minimum atomic E-state index is -4.44. The second kappa shape index (κ2) is 10.2. The predicted molar refractivity (Wildman–Crippen MR) is 120 cm³/mol. The average molecular weight is 516 g/mol. The lowest BCUT2D eigenvalue weighted by Crippen LogP contribution is -2.52. The number of alkyl halides is 5.